The van der Waals surface area contributed by atoms with Crippen molar-refractivity contribution in [3.05, 3.63) is 24.6 Å². The van der Waals surface area contributed by atoms with Crippen LogP contribution in [-0.4, -0.2) is 35.9 Å². The maximum Gasteiger partial charge on any atom is 0.207 e. The number of rotatable bonds is 18. The number of hydrogen-bond donors (Lipinski definition) is 1. The van der Waals surface area contributed by atoms with E-state index in [2.05, 4.69) is 24.1 Å². The average molecular weight is 392 g/mol. The molecule has 28 heavy (non-hydrogen) atoms. The zero-order valence-electron chi connectivity index (χ0n) is 17.9. The van der Waals surface area contributed by atoms with Crippen LogP contribution in [0.3, 0.4) is 0 Å². The lowest BCUT2D eigenvalue weighted by Gasteiger charge is -2.32. The van der Waals surface area contributed by atoms with Gasteiger partial charge in [-0.05, 0) is 32.1 Å². The van der Waals surface area contributed by atoms with Crippen LogP contribution in [0.5, 0.6) is 0 Å². The molecule has 0 radical (unpaired) electrons. The summed E-state index contributed by atoms with van der Waals surface area (Å²) in [4.78, 5) is 15.5. The normalized spacial score (nSPS) is 18.9. The fraction of sp³-hybridized carbons (Fsp3) is 0.739. The quantitative estimate of drug-likeness (QED) is 0.217. The molecule has 0 aromatic heterocycles. The molecule has 5 heteroatoms. The summed E-state index contributed by atoms with van der Waals surface area (Å²) in [5.74, 6) is -0.145. The summed E-state index contributed by atoms with van der Waals surface area (Å²) in [5, 5.41) is 11.1. The van der Waals surface area contributed by atoms with Gasteiger partial charge in [0.05, 0.1) is 12.2 Å². The van der Waals surface area contributed by atoms with Crippen molar-refractivity contribution in [2.45, 2.75) is 90.4 Å². The van der Waals surface area contributed by atoms with Crippen LogP contribution in [0.25, 0.3) is 0 Å². The number of aliphatic carboxylic acids is 1. The standard InChI is InChI=1S/C23H41N3O2/c1-2-3-4-5-6-7-8-9-10-11-12-13-14-15-16-22-25-18-20-26(22,19-17-24)21-23(27)28/h9-10,18,20H,2-8,11-17,19,21,24H2,1H3/b10-9+. The topological polar surface area (TPSA) is 78.5 Å². The Morgan fingerprint density at radius 2 is 1.64 bits per heavy atom. The van der Waals surface area contributed by atoms with Gasteiger partial charge in [0.25, 0.3) is 0 Å². The number of carboxylic acids is 1. The summed E-state index contributed by atoms with van der Waals surface area (Å²) in [6, 6.07) is 0. The van der Waals surface area contributed by atoms with E-state index in [9.17, 15) is 9.90 Å². The number of quaternary nitrogens is 1. The first-order chi connectivity index (χ1) is 13.6. The Morgan fingerprint density at radius 3 is 2.25 bits per heavy atom. The summed E-state index contributed by atoms with van der Waals surface area (Å²) in [5.41, 5.74) is 5.69. The van der Waals surface area contributed by atoms with E-state index in [1.165, 1.54) is 57.8 Å². The fourth-order valence-electron chi connectivity index (χ4n) is 3.80. The van der Waals surface area contributed by atoms with E-state index in [1.807, 2.05) is 6.20 Å². The Balaban J connectivity index is 2.08. The molecule has 0 saturated carbocycles. The van der Waals surface area contributed by atoms with Gasteiger partial charge in [-0.1, -0.05) is 64.0 Å². The van der Waals surface area contributed by atoms with Crippen molar-refractivity contribution in [1.29, 1.82) is 0 Å². The number of amidine groups is 1. The summed E-state index contributed by atoms with van der Waals surface area (Å²) in [7, 11) is 0. The molecular weight excluding hydrogens is 350 g/mol. The zero-order valence-corrected chi connectivity index (χ0v) is 17.9. The molecule has 0 spiro atoms. The van der Waals surface area contributed by atoms with Crippen molar-refractivity contribution in [3.8, 4) is 0 Å². The van der Waals surface area contributed by atoms with Gasteiger partial charge in [0.1, 0.15) is 19.3 Å². The van der Waals surface area contributed by atoms with Gasteiger partial charge in [-0.2, -0.15) is 0 Å². The Morgan fingerprint density at radius 1 is 1.04 bits per heavy atom. The maximum absolute atomic E-state index is 11.1. The largest absolute Gasteiger partial charge is 0.544 e. The van der Waals surface area contributed by atoms with Gasteiger partial charge in [-0.3, -0.25) is 0 Å². The lowest BCUT2D eigenvalue weighted by molar-refractivity contribution is -0.780. The predicted octanol–water partition coefficient (Wildman–Crippen LogP) is 4.04. The number of nitrogens with two attached hydrogens (primary N) is 1. The lowest BCUT2D eigenvalue weighted by Crippen LogP contribution is -2.55. The second-order valence-corrected chi connectivity index (χ2v) is 7.90. The fourth-order valence-corrected chi connectivity index (χ4v) is 3.80. The van der Waals surface area contributed by atoms with E-state index in [1.54, 1.807) is 6.20 Å². The first kappa shape index (κ1) is 24.6. The number of allylic oxidation sites excluding steroid dienone is 2. The van der Waals surface area contributed by atoms with Gasteiger partial charge in [0, 0.05) is 13.0 Å². The molecule has 0 saturated heterocycles. The van der Waals surface area contributed by atoms with E-state index >= 15 is 0 Å². The second-order valence-electron chi connectivity index (χ2n) is 7.90. The Bertz CT molecular complexity index is 514. The van der Waals surface area contributed by atoms with Gasteiger partial charge in [-0.15, -0.1) is 0 Å². The molecule has 0 amide bonds. The van der Waals surface area contributed by atoms with Crippen molar-refractivity contribution < 1.29 is 14.4 Å². The molecule has 1 aliphatic heterocycles. The minimum absolute atomic E-state index is 0.0735. The molecular formula is C23H41N3O2. The highest BCUT2D eigenvalue weighted by Gasteiger charge is 2.34. The molecule has 0 bridgehead atoms. The molecule has 160 valence electrons. The van der Waals surface area contributed by atoms with Gasteiger partial charge in [-0.25, -0.2) is 9.48 Å². The van der Waals surface area contributed by atoms with Crippen molar-refractivity contribution in [2.24, 2.45) is 10.7 Å². The Hall–Kier alpha value is -1.46. The number of hydrogen-bond acceptors (Lipinski definition) is 4. The number of unbranched alkanes of at least 4 members (excludes halogenated alkanes) is 10. The second kappa shape index (κ2) is 15.5. The molecule has 1 unspecified atom stereocenters. The van der Waals surface area contributed by atoms with Gasteiger partial charge in [0.2, 0.25) is 5.84 Å². The molecule has 1 rings (SSSR count). The lowest BCUT2D eigenvalue weighted by atomic mass is 10.1. The molecule has 2 N–H and O–H groups in total. The minimum Gasteiger partial charge on any atom is -0.544 e. The van der Waals surface area contributed by atoms with Crippen molar-refractivity contribution in [3.63, 3.8) is 0 Å². The van der Waals surface area contributed by atoms with Crippen LogP contribution in [0.15, 0.2) is 29.5 Å². The van der Waals surface area contributed by atoms with Crippen LogP contribution in [-0.2, 0) is 4.79 Å². The van der Waals surface area contributed by atoms with Crippen molar-refractivity contribution >= 4 is 11.8 Å². The SMILES string of the molecule is CCCCCCCC/C=C/CCCCCCC1=NC=C[N+]1(CCN)CC(=O)[O-]. The molecule has 1 heterocycles. The van der Waals surface area contributed by atoms with Gasteiger partial charge >= 0.3 is 0 Å². The van der Waals surface area contributed by atoms with E-state index < -0.39 is 5.97 Å². The molecule has 0 fully saturated rings. The number of aliphatic imine (C=N–C) groups is 1. The monoisotopic (exact) mass is 391 g/mol. The van der Waals surface area contributed by atoms with E-state index in [-0.39, 0.29) is 11.0 Å². The molecule has 0 aromatic carbocycles. The van der Waals surface area contributed by atoms with Crippen LogP contribution in [0.1, 0.15) is 90.4 Å². The van der Waals surface area contributed by atoms with E-state index in [0.717, 1.165) is 31.5 Å². The number of nitrogens with zero attached hydrogens (tertiary/aromatic N) is 2. The molecule has 0 aromatic rings. The number of carboxylic acid groups (broad SMARTS) is 1. The molecule has 0 aliphatic carbocycles. The van der Waals surface area contributed by atoms with E-state index in [4.69, 9.17) is 5.73 Å². The van der Waals surface area contributed by atoms with Crippen LogP contribution in [0.2, 0.25) is 0 Å². The third kappa shape index (κ3) is 10.2. The highest BCUT2D eigenvalue weighted by Crippen LogP contribution is 2.20. The highest BCUT2D eigenvalue weighted by molar-refractivity contribution is 5.80. The number of carbonyl (C=O) groups excluding carboxylic acids is 1. The van der Waals surface area contributed by atoms with Gasteiger partial charge in [0.15, 0.2) is 0 Å². The summed E-state index contributed by atoms with van der Waals surface area (Å²) >= 11 is 0. The minimum atomic E-state index is -1.06. The van der Waals surface area contributed by atoms with Crippen molar-refractivity contribution in [2.75, 3.05) is 19.6 Å². The molecule has 1 aliphatic rings. The van der Waals surface area contributed by atoms with Crippen LogP contribution in [0.4, 0.5) is 0 Å². The van der Waals surface area contributed by atoms with E-state index in [0.29, 0.717) is 13.1 Å². The van der Waals surface area contributed by atoms with Crippen molar-refractivity contribution in [1.82, 2.24) is 0 Å². The predicted molar refractivity (Wildman–Crippen MR) is 115 cm³/mol. The maximum atomic E-state index is 11.1. The van der Waals surface area contributed by atoms with Crippen LogP contribution < -0.4 is 10.8 Å². The third-order valence-corrected chi connectivity index (χ3v) is 5.44. The molecule has 1 atom stereocenters. The Labute approximate surface area is 172 Å². The van der Waals surface area contributed by atoms with Crippen LogP contribution in [0, 0.1) is 0 Å². The average Bonchev–Trinajstić information content (AvgIpc) is 3.03. The molecule has 5 nitrogen and oxygen atoms in total. The first-order valence-corrected chi connectivity index (χ1v) is 11.3. The smallest absolute Gasteiger partial charge is 0.207 e. The van der Waals surface area contributed by atoms with Crippen LogP contribution >= 0.6 is 0 Å². The summed E-state index contributed by atoms with van der Waals surface area (Å²) in [6.07, 6.45) is 24.2. The van der Waals surface area contributed by atoms with Gasteiger partial charge < -0.3 is 15.6 Å². The number of carbonyl (C=O) groups is 1. The first-order valence-electron chi connectivity index (χ1n) is 11.3. The Kier molecular flexibility index (Phi) is 13.6. The summed E-state index contributed by atoms with van der Waals surface area (Å²) < 4.78 is 0.236. The highest BCUT2D eigenvalue weighted by atomic mass is 16.4. The third-order valence-electron chi connectivity index (χ3n) is 5.44. The zero-order chi connectivity index (χ0) is 20.5. The summed E-state index contributed by atoms with van der Waals surface area (Å²) in [6.45, 7) is 3.18.